The molecule has 1 aromatic carbocycles. The molecule has 0 spiro atoms. The van der Waals surface area contributed by atoms with Crippen LogP contribution in [0.5, 0.6) is 11.5 Å². The van der Waals surface area contributed by atoms with Gasteiger partial charge in [-0.25, -0.2) is 0 Å². The zero-order valence-electron chi connectivity index (χ0n) is 14.5. The number of aliphatic hydroxyl groups is 1. The molecule has 1 aliphatic rings. The van der Waals surface area contributed by atoms with E-state index in [0.29, 0.717) is 29.0 Å². The Morgan fingerprint density at radius 1 is 1.15 bits per heavy atom. The van der Waals surface area contributed by atoms with E-state index in [4.69, 9.17) is 8.83 Å². The average molecular weight is 436 g/mol. The highest BCUT2D eigenvalue weighted by Crippen LogP contribution is 2.42. The molecule has 7 nitrogen and oxygen atoms in total. The first-order valence-corrected chi connectivity index (χ1v) is 9.29. The van der Waals surface area contributed by atoms with Gasteiger partial charge < -0.3 is 29.1 Å². The summed E-state index contributed by atoms with van der Waals surface area (Å²) in [4.78, 5) is 14.6. The van der Waals surface area contributed by atoms with Crippen LogP contribution in [-0.2, 0) is 0 Å². The number of aromatic hydroxyl groups is 2. The number of benzene rings is 1. The molecule has 3 heterocycles. The van der Waals surface area contributed by atoms with Crippen molar-refractivity contribution in [3.8, 4) is 23.0 Å². The number of likely N-dealkylation sites (tertiary alicyclic amines) is 1. The van der Waals surface area contributed by atoms with Crippen LogP contribution in [0.25, 0.3) is 22.5 Å². The number of rotatable bonds is 2. The minimum Gasteiger partial charge on any atom is -0.507 e. The number of piperidine rings is 1. The fourth-order valence-electron chi connectivity index (χ4n) is 3.67. The van der Waals surface area contributed by atoms with Gasteiger partial charge in [0.2, 0.25) is 0 Å². The molecule has 0 saturated carbocycles. The van der Waals surface area contributed by atoms with Gasteiger partial charge in [0.1, 0.15) is 22.5 Å². The van der Waals surface area contributed by atoms with Gasteiger partial charge in [0.05, 0.1) is 6.10 Å². The Morgan fingerprint density at radius 2 is 1.93 bits per heavy atom. The van der Waals surface area contributed by atoms with E-state index in [1.807, 2.05) is 11.9 Å². The number of hydrogen-bond donors (Lipinski definition) is 3. The van der Waals surface area contributed by atoms with E-state index in [1.165, 1.54) is 6.07 Å². The van der Waals surface area contributed by atoms with E-state index in [2.05, 4.69) is 15.9 Å². The third kappa shape index (κ3) is 3.13. The van der Waals surface area contributed by atoms with E-state index >= 15 is 0 Å². The van der Waals surface area contributed by atoms with Crippen molar-refractivity contribution in [1.29, 1.82) is 0 Å². The number of furan rings is 1. The lowest BCUT2D eigenvalue weighted by atomic mass is 9.85. The maximum absolute atomic E-state index is 12.7. The van der Waals surface area contributed by atoms with Crippen molar-refractivity contribution in [1.82, 2.24) is 4.90 Å². The van der Waals surface area contributed by atoms with E-state index < -0.39 is 17.5 Å². The second-order valence-corrected chi connectivity index (χ2v) is 7.62. The normalized spacial score (nSPS) is 21.0. The number of β-amino-alcohol motifs (C(OH)–C–C–N with tert-alkyl or cyclic N) is 1. The summed E-state index contributed by atoms with van der Waals surface area (Å²) in [7, 11) is 1.90. The lowest BCUT2D eigenvalue weighted by Gasteiger charge is -2.34. The van der Waals surface area contributed by atoms with Crippen LogP contribution >= 0.6 is 15.9 Å². The van der Waals surface area contributed by atoms with Gasteiger partial charge in [-0.1, -0.05) is 0 Å². The van der Waals surface area contributed by atoms with Crippen molar-refractivity contribution in [2.45, 2.75) is 18.4 Å². The quantitative estimate of drug-likeness (QED) is 0.567. The Bertz CT molecular complexity index is 1070. The molecule has 1 aliphatic heterocycles. The van der Waals surface area contributed by atoms with Crippen molar-refractivity contribution in [3.63, 3.8) is 0 Å². The Kier molecular flexibility index (Phi) is 4.49. The molecule has 2 atom stereocenters. The Labute approximate surface area is 162 Å². The minimum absolute atomic E-state index is 0.0247. The first-order valence-electron chi connectivity index (χ1n) is 8.50. The van der Waals surface area contributed by atoms with Gasteiger partial charge in [-0.3, -0.25) is 4.79 Å². The number of nitrogens with zero attached hydrogens (tertiary/aromatic N) is 1. The molecule has 2 aromatic heterocycles. The molecule has 0 radical (unpaired) electrons. The summed E-state index contributed by atoms with van der Waals surface area (Å²) < 4.78 is 11.8. The summed E-state index contributed by atoms with van der Waals surface area (Å²) >= 11 is 3.21. The van der Waals surface area contributed by atoms with Crippen molar-refractivity contribution in [2.75, 3.05) is 20.1 Å². The van der Waals surface area contributed by atoms with E-state index in [9.17, 15) is 20.1 Å². The number of phenols is 2. The third-order valence-corrected chi connectivity index (χ3v) is 5.40. The number of hydrogen-bond acceptors (Lipinski definition) is 7. The van der Waals surface area contributed by atoms with Crippen LogP contribution in [0.1, 0.15) is 17.9 Å². The molecule has 3 N–H and O–H groups in total. The predicted octanol–water partition coefficient (Wildman–Crippen LogP) is 3.01. The number of fused-ring (bicyclic) bond motifs is 1. The molecule has 3 aromatic rings. The van der Waals surface area contributed by atoms with E-state index in [0.717, 1.165) is 12.6 Å². The first kappa shape index (κ1) is 18.1. The molecule has 0 amide bonds. The molecule has 4 rings (SSSR count). The zero-order valence-corrected chi connectivity index (χ0v) is 16.1. The largest absolute Gasteiger partial charge is 0.507 e. The highest BCUT2D eigenvalue weighted by Gasteiger charge is 2.33. The van der Waals surface area contributed by atoms with Gasteiger partial charge >= 0.3 is 0 Å². The number of halogens is 1. The standard InChI is InChI=1S/C19H18BrNO6/c1-21-5-4-9(13(25)8-21)17-10(22)6-11(23)18-12(24)7-15(27-19(17)18)14-2-3-16(20)26-14/h2-3,6-7,9,13,22-23,25H,4-5,8H2,1H3/t9-,13+/m0/s1. The molecule has 8 heteroatoms. The van der Waals surface area contributed by atoms with Crippen molar-refractivity contribution >= 4 is 26.9 Å². The fourth-order valence-corrected chi connectivity index (χ4v) is 3.98. The monoisotopic (exact) mass is 435 g/mol. The van der Waals surface area contributed by atoms with E-state index in [1.54, 1.807) is 12.1 Å². The Morgan fingerprint density at radius 3 is 2.59 bits per heavy atom. The van der Waals surface area contributed by atoms with Gasteiger partial charge in [-0.05, 0) is 48.1 Å². The lowest BCUT2D eigenvalue weighted by Crippen LogP contribution is -2.40. The number of aliphatic hydroxyl groups excluding tert-OH is 1. The first-order chi connectivity index (χ1) is 12.8. The molecular formula is C19H18BrNO6. The van der Waals surface area contributed by atoms with Crippen molar-refractivity contribution in [2.24, 2.45) is 0 Å². The summed E-state index contributed by atoms with van der Waals surface area (Å²) in [5.74, 6) is -0.499. The molecule has 0 unspecified atom stereocenters. The van der Waals surface area contributed by atoms with Crippen LogP contribution in [-0.4, -0.2) is 46.5 Å². The van der Waals surface area contributed by atoms with Gasteiger partial charge in [0, 0.05) is 30.2 Å². The van der Waals surface area contributed by atoms with Crippen LogP contribution in [0.4, 0.5) is 0 Å². The minimum atomic E-state index is -0.742. The van der Waals surface area contributed by atoms with Crippen LogP contribution < -0.4 is 5.43 Å². The summed E-state index contributed by atoms with van der Waals surface area (Å²) in [6.07, 6.45) is -0.167. The number of likely N-dealkylation sites (N-methyl/N-ethyl adjacent to an activating group) is 1. The summed E-state index contributed by atoms with van der Waals surface area (Å²) in [5, 5.41) is 31.2. The van der Waals surface area contributed by atoms with Crippen molar-refractivity contribution in [3.05, 3.63) is 44.7 Å². The highest BCUT2D eigenvalue weighted by atomic mass is 79.9. The summed E-state index contributed by atoms with van der Waals surface area (Å²) in [6, 6.07) is 5.67. The van der Waals surface area contributed by atoms with Gasteiger partial charge in [0.15, 0.2) is 21.6 Å². The zero-order chi connectivity index (χ0) is 19.3. The molecule has 142 valence electrons. The molecule has 0 bridgehead atoms. The molecule has 27 heavy (non-hydrogen) atoms. The van der Waals surface area contributed by atoms with Crippen LogP contribution in [0, 0.1) is 0 Å². The molecular weight excluding hydrogens is 418 g/mol. The average Bonchev–Trinajstić information content (AvgIpc) is 3.02. The SMILES string of the molecule is CN1CC[C@H](c2c(O)cc(O)c3c(=O)cc(-c4ccc(Br)o4)oc23)[C@H](O)C1. The summed E-state index contributed by atoms with van der Waals surface area (Å²) in [5.41, 5.74) is -0.0657. The lowest BCUT2D eigenvalue weighted by molar-refractivity contribution is 0.0630. The van der Waals surface area contributed by atoms with Crippen LogP contribution in [0.15, 0.2) is 42.6 Å². The van der Waals surface area contributed by atoms with Gasteiger partial charge in [-0.2, -0.15) is 0 Å². The maximum Gasteiger partial charge on any atom is 0.197 e. The fraction of sp³-hybridized carbons (Fsp3) is 0.316. The Hall–Kier alpha value is -2.29. The topological polar surface area (TPSA) is 107 Å². The van der Waals surface area contributed by atoms with Crippen LogP contribution in [0.3, 0.4) is 0 Å². The maximum atomic E-state index is 12.7. The third-order valence-electron chi connectivity index (χ3n) is 4.97. The molecule has 1 saturated heterocycles. The number of phenolic OH excluding ortho intramolecular Hbond substituents is 2. The summed E-state index contributed by atoms with van der Waals surface area (Å²) in [6.45, 7) is 1.15. The van der Waals surface area contributed by atoms with Gasteiger partial charge in [-0.15, -0.1) is 0 Å². The second-order valence-electron chi connectivity index (χ2n) is 6.84. The Balaban J connectivity index is 1.97. The molecule has 0 aliphatic carbocycles. The predicted molar refractivity (Wildman–Crippen MR) is 102 cm³/mol. The smallest absolute Gasteiger partial charge is 0.197 e. The van der Waals surface area contributed by atoms with E-state index in [-0.39, 0.29) is 28.2 Å². The van der Waals surface area contributed by atoms with Crippen molar-refractivity contribution < 1.29 is 24.2 Å². The molecule has 1 fully saturated rings. The second kappa shape index (κ2) is 6.70. The van der Waals surface area contributed by atoms with Gasteiger partial charge in [0.25, 0.3) is 0 Å². The van der Waals surface area contributed by atoms with Crippen LogP contribution in [0.2, 0.25) is 0 Å². The highest BCUT2D eigenvalue weighted by molar-refractivity contribution is 9.10.